The standard InChI is InChI=1S/C19H22O4.H3NO3S/c1-5-23-16-10-8-14(9-11-16)6-7-15-12-17(20-2)19(22-4)18(13-15)21-3;1-5(2,3)4/h6-13H,5H2,1-4H3;(H3,1,2,3,4)/b7-6+;. The Morgan fingerprint density at radius 3 is 1.79 bits per heavy atom. The van der Waals surface area contributed by atoms with Crippen LogP contribution >= 0.6 is 0 Å². The van der Waals surface area contributed by atoms with Gasteiger partial charge >= 0.3 is 10.3 Å². The Hall–Kier alpha value is -2.75. The van der Waals surface area contributed by atoms with E-state index < -0.39 is 10.3 Å². The van der Waals surface area contributed by atoms with E-state index in [-0.39, 0.29) is 0 Å². The number of hydrogen-bond acceptors (Lipinski definition) is 6. The third-order valence-electron chi connectivity index (χ3n) is 3.35. The molecule has 2 aromatic carbocycles. The molecule has 28 heavy (non-hydrogen) atoms. The number of benzene rings is 2. The molecule has 0 unspecified atom stereocenters. The van der Waals surface area contributed by atoms with E-state index in [1.165, 1.54) is 0 Å². The van der Waals surface area contributed by atoms with Crippen LogP contribution in [0.3, 0.4) is 0 Å². The minimum atomic E-state index is -4.17. The van der Waals surface area contributed by atoms with Crippen LogP contribution in [0.4, 0.5) is 0 Å². The summed E-state index contributed by atoms with van der Waals surface area (Å²) in [6.07, 6.45) is 4.02. The first-order valence-electron chi connectivity index (χ1n) is 8.18. The zero-order valence-corrected chi connectivity index (χ0v) is 17.0. The molecule has 0 saturated heterocycles. The quantitative estimate of drug-likeness (QED) is 0.531. The van der Waals surface area contributed by atoms with Crippen LogP contribution in [0.1, 0.15) is 18.1 Å². The first-order chi connectivity index (χ1) is 13.2. The molecule has 0 aliphatic heterocycles. The predicted octanol–water partition coefficient (Wildman–Crippen LogP) is 3.03. The van der Waals surface area contributed by atoms with Crippen molar-refractivity contribution in [3.63, 3.8) is 0 Å². The van der Waals surface area contributed by atoms with Crippen molar-refractivity contribution >= 4 is 22.5 Å². The van der Waals surface area contributed by atoms with Crippen LogP contribution in [0.2, 0.25) is 0 Å². The van der Waals surface area contributed by atoms with Crippen molar-refractivity contribution < 1.29 is 31.9 Å². The van der Waals surface area contributed by atoms with Gasteiger partial charge in [0.2, 0.25) is 5.75 Å². The van der Waals surface area contributed by atoms with Crippen molar-refractivity contribution in [1.29, 1.82) is 0 Å². The summed E-state index contributed by atoms with van der Waals surface area (Å²) in [5.74, 6) is 2.74. The van der Waals surface area contributed by atoms with E-state index in [0.717, 1.165) is 16.9 Å². The van der Waals surface area contributed by atoms with Gasteiger partial charge in [-0.05, 0) is 42.3 Å². The van der Waals surface area contributed by atoms with E-state index in [1.54, 1.807) is 21.3 Å². The lowest BCUT2D eigenvalue weighted by atomic mass is 10.1. The van der Waals surface area contributed by atoms with Crippen molar-refractivity contribution in [3.8, 4) is 23.0 Å². The Labute approximate surface area is 165 Å². The van der Waals surface area contributed by atoms with Crippen molar-refractivity contribution in [3.05, 3.63) is 47.5 Å². The number of ether oxygens (including phenoxy) is 4. The van der Waals surface area contributed by atoms with Crippen LogP contribution in [0.25, 0.3) is 12.2 Å². The molecule has 0 aliphatic carbocycles. The van der Waals surface area contributed by atoms with Gasteiger partial charge < -0.3 is 18.9 Å². The van der Waals surface area contributed by atoms with Crippen molar-refractivity contribution in [2.75, 3.05) is 27.9 Å². The summed E-state index contributed by atoms with van der Waals surface area (Å²) < 4.78 is 46.7. The molecular formula is C19H25NO7S. The molecule has 0 radical (unpaired) electrons. The van der Waals surface area contributed by atoms with Gasteiger partial charge in [0.05, 0.1) is 27.9 Å². The molecule has 0 saturated carbocycles. The molecule has 154 valence electrons. The Morgan fingerprint density at radius 2 is 1.39 bits per heavy atom. The molecule has 0 spiro atoms. The van der Waals surface area contributed by atoms with Crippen LogP contribution in [0.5, 0.6) is 23.0 Å². The minimum Gasteiger partial charge on any atom is -0.494 e. The minimum absolute atomic E-state index is 0.591. The molecule has 0 amide bonds. The Balaban J connectivity index is 0.000000696. The fraction of sp³-hybridized carbons (Fsp3) is 0.263. The van der Waals surface area contributed by atoms with Crippen molar-refractivity contribution in [2.24, 2.45) is 5.14 Å². The summed E-state index contributed by atoms with van der Waals surface area (Å²) in [7, 11) is 0.643. The fourth-order valence-electron chi connectivity index (χ4n) is 2.23. The second kappa shape index (κ2) is 11.2. The summed E-state index contributed by atoms with van der Waals surface area (Å²) >= 11 is 0. The molecule has 0 aliphatic rings. The fourth-order valence-corrected chi connectivity index (χ4v) is 2.23. The highest BCUT2D eigenvalue weighted by Crippen LogP contribution is 2.38. The zero-order chi connectivity index (χ0) is 21.2. The Bertz CT molecular complexity index is 845. The van der Waals surface area contributed by atoms with Crippen LogP contribution in [0, 0.1) is 0 Å². The van der Waals surface area contributed by atoms with Gasteiger partial charge in [0.25, 0.3) is 0 Å². The van der Waals surface area contributed by atoms with Crippen LogP contribution in [-0.4, -0.2) is 40.9 Å². The third kappa shape index (κ3) is 8.30. The molecule has 8 nitrogen and oxygen atoms in total. The summed E-state index contributed by atoms with van der Waals surface area (Å²) in [6, 6.07) is 11.8. The largest absolute Gasteiger partial charge is 0.494 e. The van der Waals surface area contributed by atoms with E-state index in [0.29, 0.717) is 23.9 Å². The average molecular weight is 411 g/mol. The molecule has 0 heterocycles. The monoisotopic (exact) mass is 411 g/mol. The number of nitrogens with two attached hydrogens (primary N) is 1. The van der Waals surface area contributed by atoms with Crippen molar-refractivity contribution in [2.45, 2.75) is 6.92 Å². The lowest BCUT2D eigenvalue weighted by Crippen LogP contribution is -2.08. The van der Waals surface area contributed by atoms with Gasteiger partial charge in [-0.2, -0.15) is 8.42 Å². The van der Waals surface area contributed by atoms with Gasteiger partial charge in [-0.3, -0.25) is 4.55 Å². The molecule has 0 aromatic heterocycles. The molecule has 9 heteroatoms. The van der Waals surface area contributed by atoms with Gasteiger partial charge in [-0.1, -0.05) is 24.3 Å². The first kappa shape index (κ1) is 23.3. The maximum Gasteiger partial charge on any atom is 0.330 e. The van der Waals surface area contributed by atoms with Crippen LogP contribution in [0.15, 0.2) is 36.4 Å². The summed E-state index contributed by atoms with van der Waals surface area (Å²) in [5.41, 5.74) is 2.05. The van der Waals surface area contributed by atoms with Gasteiger partial charge in [0.15, 0.2) is 11.5 Å². The highest BCUT2D eigenvalue weighted by molar-refractivity contribution is 7.83. The summed E-state index contributed by atoms with van der Waals surface area (Å²) in [6.45, 7) is 2.64. The van der Waals surface area contributed by atoms with Crippen LogP contribution < -0.4 is 24.1 Å². The highest BCUT2D eigenvalue weighted by Gasteiger charge is 2.11. The van der Waals surface area contributed by atoms with Gasteiger partial charge in [0.1, 0.15) is 5.75 Å². The number of rotatable bonds is 7. The molecular weight excluding hydrogens is 386 g/mol. The van der Waals surface area contributed by atoms with E-state index in [4.69, 9.17) is 31.9 Å². The highest BCUT2D eigenvalue weighted by atomic mass is 32.2. The number of hydrogen-bond donors (Lipinski definition) is 2. The van der Waals surface area contributed by atoms with Gasteiger partial charge in [-0.25, -0.2) is 5.14 Å². The first-order valence-corrected chi connectivity index (χ1v) is 9.68. The summed E-state index contributed by atoms with van der Waals surface area (Å²) in [4.78, 5) is 0. The SMILES string of the molecule is CCOc1ccc(/C=C/c2cc(OC)c(OC)c(OC)c2)cc1.NS(=O)(=O)O. The molecule has 2 aromatic rings. The smallest absolute Gasteiger partial charge is 0.330 e. The topological polar surface area (TPSA) is 117 Å². The molecule has 2 rings (SSSR count). The molecule has 3 N–H and O–H groups in total. The van der Waals surface area contributed by atoms with Crippen molar-refractivity contribution in [1.82, 2.24) is 0 Å². The van der Waals surface area contributed by atoms with Crippen LogP contribution in [-0.2, 0) is 10.3 Å². The maximum atomic E-state index is 8.97. The number of methoxy groups -OCH3 is 3. The predicted molar refractivity (Wildman–Crippen MR) is 108 cm³/mol. The Kier molecular flexibility index (Phi) is 9.29. The normalized spacial score (nSPS) is 10.8. The molecule has 0 atom stereocenters. The van der Waals surface area contributed by atoms with Gasteiger partial charge in [-0.15, -0.1) is 0 Å². The molecule has 0 bridgehead atoms. The second-order valence-corrected chi connectivity index (χ2v) is 6.34. The van der Waals surface area contributed by atoms with E-state index in [2.05, 4.69) is 5.14 Å². The van der Waals surface area contributed by atoms with Gasteiger partial charge in [0, 0.05) is 0 Å². The molecule has 0 fully saturated rings. The third-order valence-corrected chi connectivity index (χ3v) is 3.35. The summed E-state index contributed by atoms with van der Waals surface area (Å²) in [5, 5.41) is 3.88. The van der Waals surface area contributed by atoms with E-state index in [9.17, 15) is 0 Å². The van der Waals surface area contributed by atoms with E-state index in [1.807, 2.05) is 55.5 Å². The lowest BCUT2D eigenvalue weighted by molar-refractivity contribution is 0.324. The lowest BCUT2D eigenvalue weighted by Gasteiger charge is -2.12. The average Bonchev–Trinajstić information content (AvgIpc) is 2.65. The Morgan fingerprint density at radius 1 is 0.929 bits per heavy atom. The second-order valence-electron chi connectivity index (χ2n) is 5.31. The maximum absolute atomic E-state index is 8.97. The zero-order valence-electron chi connectivity index (χ0n) is 16.2. The van der Waals surface area contributed by atoms with E-state index >= 15 is 0 Å².